The van der Waals surface area contributed by atoms with E-state index in [1.54, 1.807) is 6.07 Å². The summed E-state index contributed by atoms with van der Waals surface area (Å²) in [4.78, 5) is 16.6. The van der Waals surface area contributed by atoms with Crippen LogP contribution in [0.5, 0.6) is 0 Å². The van der Waals surface area contributed by atoms with E-state index in [9.17, 15) is 4.79 Å². The van der Waals surface area contributed by atoms with Gasteiger partial charge in [0.2, 0.25) is 0 Å². The van der Waals surface area contributed by atoms with Crippen molar-refractivity contribution >= 4 is 11.7 Å². The normalized spacial score (nSPS) is 19.3. The molecule has 0 spiro atoms. The van der Waals surface area contributed by atoms with Gasteiger partial charge in [0.25, 0.3) is 5.91 Å². The lowest BCUT2D eigenvalue weighted by Crippen LogP contribution is -2.35. The first-order chi connectivity index (χ1) is 9.86. The van der Waals surface area contributed by atoms with Crippen molar-refractivity contribution in [2.45, 2.75) is 51.6 Å². The number of hydrogen-bond donors (Lipinski definition) is 2. The standard InChI is InChI=1S/C16H25N3O2/c1-16(2,3)13-8-11(9-14(17)19-13)15(20)18-10-12-6-4-5-7-21-12/h8-9,12H,4-7,10H2,1-3H3,(H2,17,19)(H,18,20). The van der Waals surface area contributed by atoms with Gasteiger partial charge in [-0.25, -0.2) is 4.98 Å². The van der Waals surface area contributed by atoms with Crippen LogP contribution in [0.3, 0.4) is 0 Å². The highest BCUT2D eigenvalue weighted by molar-refractivity contribution is 5.95. The summed E-state index contributed by atoms with van der Waals surface area (Å²) in [6.45, 7) is 7.48. The van der Waals surface area contributed by atoms with Gasteiger partial charge in [0.05, 0.1) is 6.10 Å². The fraction of sp³-hybridized carbons (Fsp3) is 0.625. The highest BCUT2D eigenvalue weighted by Gasteiger charge is 2.20. The van der Waals surface area contributed by atoms with E-state index in [2.05, 4.69) is 10.3 Å². The quantitative estimate of drug-likeness (QED) is 0.895. The van der Waals surface area contributed by atoms with E-state index in [1.807, 2.05) is 26.8 Å². The van der Waals surface area contributed by atoms with Crippen molar-refractivity contribution in [3.8, 4) is 0 Å². The zero-order chi connectivity index (χ0) is 15.5. The fourth-order valence-corrected chi connectivity index (χ4v) is 2.34. The number of ether oxygens (including phenoxy) is 1. The molecule has 1 aromatic heterocycles. The van der Waals surface area contributed by atoms with Crippen molar-refractivity contribution in [2.75, 3.05) is 18.9 Å². The number of nitrogens with two attached hydrogens (primary N) is 1. The van der Waals surface area contributed by atoms with E-state index < -0.39 is 0 Å². The van der Waals surface area contributed by atoms with Crippen molar-refractivity contribution < 1.29 is 9.53 Å². The predicted octanol–water partition coefficient (Wildman–Crippen LogP) is 2.26. The largest absolute Gasteiger partial charge is 0.384 e. The van der Waals surface area contributed by atoms with Gasteiger partial charge in [0.1, 0.15) is 5.82 Å². The summed E-state index contributed by atoms with van der Waals surface area (Å²) in [5.41, 5.74) is 7.05. The maximum Gasteiger partial charge on any atom is 0.251 e. The van der Waals surface area contributed by atoms with E-state index in [-0.39, 0.29) is 17.4 Å². The molecular formula is C16H25N3O2. The number of anilines is 1. The number of rotatable bonds is 3. The smallest absolute Gasteiger partial charge is 0.251 e. The zero-order valence-electron chi connectivity index (χ0n) is 13.1. The van der Waals surface area contributed by atoms with Crippen molar-refractivity contribution in [3.05, 3.63) is 23.4 Å². The van der Waals surface area contributed by atoms with E-state index in [0.717, 1.165) is 31.6 Å². The van der Waals surface area contributed by atoms with E-state index in [0.29, 0.717) is 17.9 Å². The van der Waals surface area contributed by atoms with Crippen molar-refractivity contribution in [2.24, 2.45) is 0 Å². The number of nitrogen functional groups attached to an aromatic ring is 1. The minimum atomic E-state index is -0.142. The Bertz CT molecular complexity index is 503. The van der Waals surface area contributed by atoms with Gasteiger partial charge in [-0.3, -0.25) is 4.79 Å². The molecule has 1 saturated heterocycles. The third kappa shape index (κ3) is 4.43. The Morgan fingerprint density at radius 2 is 2.19 bits per heavy atom. The summed E-state index contributed by atoms with van der Waals surface area (Å²) in [5, 5.41) is 2.93. The van der Waals surface area contributed by atoms with Crippen molar-refractivity contribution in [1.82, 2.24) is 10.3 Å². The molecule has 0 radical (unpaired) electrons. The third-order valence-electron chi connectivity index (χ3n) is 3.64. The highest BCUT2D eigenvalue weighted by atomic mass is 16.5. The topological polar surface area (TPSA) is 77.2 Å². The second-order valence-corrected chi connectivity index (χ2v) is 6.61. The second kappa shape index (κ2) is 6.43. The van der Waals surface area contributed by atoms with Gasteiger partial charge in [-0.05, 0) is 31.4 Å². The maximum absolute atomic E-state index is 12.3. The molecule has 0 bridgehead atoms. The van der Waals surface area contributed by atoms with Gasteiger partial charge in [-0.2, -0.15) is 0 Å². The molecule has 0 aliphatic carbocycles. The summed E-state index contributed by atoms with van der Waals surface area (Å²) >= 11 is 0. The minimum Gasteiger partial charge on any atom is -0.384 e. The molecule has 1 amide bonds. The predicted molar refractivity (Wildman–Crippen MR) is 83.3 cm³/mol. The third-order valence-corrected chi connectivity index (χ3v) is 3.64. The van der Waals surface area contributed by atoms with Gasteiger partial charge in [0.15, 0.2) is 0 Å². The average molecular weight is 291 g/mol. The monoisotopic (exact) mass is 291 g/mol. The Morgan fingerprint density at radius 3 is 2.81 bits per heavy atom. The Morgan fingerprint density at radius 1 is 1.43 bits per heavy atom. The van der Waals surface area contributed by atoms with E-state index in [1.165, 1.54) is 0 Å². The molecular weight excluding hydrogens is 266 g/mol. The number of amides is 1. The summed E-state index contributed by atoms with van der Waals surface area (Å²) in [6.07, 6.45) is 3.41. The number of carbonyl (C=O) groups excluding carboxylic acids is 1. The number of hydrogen-bond acceptors (Lipinski definition) is 4. The molecule has 3 N–H and O–H groups in total. The number of nitrogens with zero attached hydrogens (tertiary/aromatic N) is 1. The van der Waals surface area contributed by atoms with Crippen LogP contribution >= 0.6 is 0 Å². The molecule has 2 heterocycles. The lowest BCUT2D eigenvalue weighted by atomic mass is 9.90. The van der Waals surface area contributed by atoms with Crippen LogP contribution in [0, 0.1) is 0 Å². The van der Waals surface area contributed by atoms with Gasteiger partial charge >= 0.3 is 0 Å². The Balaban J connectivity index is 2.03. The minimum absolute atomic E-state index is 0.122. The Hall–Kier alpha value is -1.62. The highest BCUT2D eigenvalue weighted by Crippen LogP contribution is 2.22. The number of aromatic nitrogens is 1. The van der Waals surface area contributed by atoms with Crippen LogP contribution in [0.25, 0.3) is 0 Å². The van der Waals surface area contributed by atoms with Crippen LogP contribution in [0.15, 0.2) is 12.1 Å². The molecule has 116 valence electrons. The molecule has 5 heteroatoms. The molecule has 2 rings (SSSR count). The first-order valence-electron chi connectivity index (χ1n) is 7.54. The first kappa shape index (κ1) is 15.8. The van der Waals surface area contributed by atoms with Crippen LogP contribution in [-0.4, -0.2) is 30.1 Å². The molecule has 1 aliphatic rings. The zero-order valence-corrected chi connectivity index (χ0v) is 13.1. The fourth-order valence-electron chi connectivity index (χ4n) is 2.34. The van der Waals surface area contributed by atoms with Gasteiger partial charge in [-0.1, -0.05) is 20.8 Å². The molecule has 1 atom stereocenters. The van der Waals surface area contributed by atoms with Crippen molar-refractivity contribution in [1.29, 1.82) is 0 Å². The van der Waals surface area contributed by atoms with Crippen LogP contribution in [-0.2, 0) is 10.2 Å². The van der Waals surface area contributed by atoms with Crippen molar-refractivity contribution in [3.63, 3.8) is 0 Å². The lowest BCUT2D eigenvalue weighted by Gasteiger charge is -2.23. The molecule has 1 aromatic rings. The Kier molecular flexibility index (Phi) is 4.83. The number of nitrogens with one attached hydrogen (secondary N) is 1. The number of pyridine rings is 1. The second-order valence-electron chi connectivity index (χ2n) is 6.61. The summed E-state index contributed by atoms with van der Waals surface area (Å²) < 4.78 is 5.61. The molecule has 1 unspecified atom stereocenters. The summed E-state index contributed by atoms with van der Waals surface area (Å²) in [7, 11) is 0. The molecule has 1 fully saturated rings. The van der Waals surface area contributed by atoms with Crippen LogP contribution < -0.4 is 11.1 Å². The van der Waals surface area contributed by atoms with Crippen LogP contribution in [0.1, 0.15) is 56.1 Å². The van der Waals surface area contributed by atoms with E-state index in [4.69, 9.17) is 10.5 Å². The molecule has 0 aromatic carbocycles. The van der Waals surface area contributed by atoms with Crippen LogP contribution in [0.4, 0.5) is 5.82 Å². The summed E-state index contributed by atoms with van der Waals surface area (Å²) in [5.74, 6) is 0.255. The average Bonchev–Trinajstić information content (AvgIpc) is 2.44. The lowest BCUT2D eigenvalue weighted by molar-refractivity contribution is 0.0169. The molecule has 1 aliphatic heterocycles. The van der Waals surface area contributed by atoms with Crippen LogP contribution in [0.2, 0.25) is 0 Å². The first-order valence-corrected chi connectivity index (χ1v) is 7.54. The van der Waals surface area contributed by atoms with Gasteiger partial charge in [-0.15, -0.1) is 0 Å². The SMILES string of the molecule is CC(C)(C)c1cc(C(=O)NCC2CCCCO2)cc(N)n1. The van der Waals surface area contributed by atoms with Gasteiger partial charge < -0.3 is 15.8 Å². The molecule has 0 saturated carbocycles. The van der Waals surface area contributed by atoms with E-state index >= 15 is 0 Å². The molecule has 5 nitrogen and oxygen atoms in total. The number of carbonyl (C=O) groups is 1. The molecule has 21 heavy (non-hydrogen) atoms. The summed E-state index contributed by atoms with van der Waals surface area (Å²) in [6, 6.07) is 3.43. The Labute approximate surface area is 126 Å². The maximum atomic E-state index is 12.3. The van der Waals surface area contributed by atoms with Gasteiger partial charge in [0, 0.05) is 29.8 Å².